The van der Waals surface area contributed by atoms with Crippen molar-refractivity contribution in [1.29, 1.82) is 0 Å². The third-order valence-electron chi connectivity index (χ3n) is 3.41. The van der Waals surface area contributed by atoms with Gasteiger partial charge in [-0.3, -0.25) is 0 Å². The van der Waals surface area contributed by atoms with E-state index < -0.39 is 6.10 Å². The molecule has 0 radical (unpaired) electrons. The van der Waals surface area contributed by atoms with Crippen LogP contribution in [0.25, 0.3) is 0 Å². The second-order valence-electron chi connectivity index (χ2n) is 4.71. The lowest BCUT2D eigenvalue weighted by Crippen LogP contribution is -2.40. The van der Waals surface area contributed by atoms with Crippen LogP contribution in [0.5, 0.6) is 0 Å². The Morgan fingerprint density at radius 3 is 3.00 bits per heavy atom. The lowest BCUT2D eigenvalue weighted by atomic mass is 9.99. The standard InChI is InChI=1S/C12H21N3O2/c1-3-15-7-5-4-6-10(15)8-11-13-12(9(2)16)17-14-11/h9-10,16H,3-8H2,1-2H3. The van der Waals surface area contributed by atoms with E-state index in [1.54, 1.807) is 6.92 Å². The van der Waals surface area contributed by atoms with Crippen LogP contribution in [0.1, 0.15) is 50.9 Å². The highest BCUT2D eigenvalue weighted by Gasteiger charge is 2.23. The van der Waals surface area contributed by atoms with Gasteiger partial charge in [0.25, 0.3) is 5.89 Å². The Balaban J connectivity index is 1.98. The third-order valence-corrected chi connectivity index (χ3v) is 3.41. The lowest BCUT2D eigenvalue weighted by molar-refractivity contribution is 0.150. The number of rotatable bonds is 4. The monoisotopic (exact) mass is 239 g/mol. The fourth-order valence-electron chi connectivity index (χ4n) is 2.44. The number of piperidine rings is 1. The second-order valence-corrected chi connectivity index (χ2v) is 4.71. The van der Waals surface area contributed by atoms with Gasteiger partial charge in [-0.25, -0.2) is 0 Å². The minimum atomic E-state index is -0.676. The van der Waals surface area contributed by atoms with Crippen LogP contribution in [0.3, 0.4) is 0 Å². The summed E-state index contributed by atoms with van der Waals surface area (Å²) in [6.45, 7) is 6.07. The maximum absolute atomic E-state index is 9.33. The Bertz CT molecular complexity index is 351. The Morgan fingerprint density at radius 1 is 1.53 bits per heavy atom. The molecule has 2 rings (SSSR count). The highest BCUT2D eigenvalue weighted by Crippen LogP contribution is 2.20. The topological polar surface area (TPSA) is 62.4 Å². The Kier molecular flexibility index (Phi) is 4.12. The summed E-state index contributed by atoms with van der Waals surface area (Å²) in [6.07, 6.45) is 3.92. The Morgan fingerprint density at radius 2 is 2.35 bits per heavy atom. The van der Waals surface area contributed by atoms with Gasteiger partial charge in [-0.05, 0) is 32.9 Å². The molecule has 17 heavy (non-hydrogen) atoms. The molecule has 5 heteroatoms. The van der Waals surface area contributed by atoms with E-state index in [4.69, 9.17) is 4.52 Å². The summed E-state index contributed by atoms with van der Waals surface area (Å²) in [5, 5.41) is 13.3. The largest absolute Gasteiger partial charge is 0.384 e. The van der Waals surface area contributed by atoms with Crippen molar-refractivity contribution in [2.75, 3.05) is 13.1 Å². The number of aliphatic hydroxyl groups excluding tert-OH is 1. The maximum Gasteiger partial charge on any atom is 0.255 e. The van der Waals surface area contributed by atoms with Crippen LogP contribution >= 0.6 is 0 Å². The molecule has 0 saturated carbocycles. The minimum Gasteiger partial charge on any atom is -0.384 e. The number of likely N-dealkylation sites (N-methyl/N-ethyl adjacent to an activating group) is 1. The molecule has 0 aromatic carbocycles. The first kappa shape index (κ1) is 12.5. The van der Waals surface area contributed by atoms with Gasteiger partial charge in [0.15, 0.2) is 5.82 Å². The van der Waals surface area contributed by atoms with Crippen LogP contribution in [-0.4, -0.2) is 39.3 Å². The van der Waals surface area contributed by atoms with Crippen LogP contribution in [0.2, 0.25) is 0 Å². The first-order valence-corrected chi connectivity index (χ1v) is 6.45. The maximum atomic E-state index is 9.33. The van der Waals surface area contributed by atoms with Crippen LogP contribution in [-0.2, 0) is 6.42 Å². The molecular weight excluding hydrogens is 218 g/mol. The molecule has 2 heterocycles. The molecule has 0 amide bonds. The van der Waals surface area contributed by atoms with Gasteiger partial charge in [-0.2, -0.15) is 4.98 Å². The SMILES string of the molecule is CCN1CCCCC1Cc1noc(C(C)O)n1. The van der Waals surface area contributed by atoms with Gasteiger partial charge in [0.05, 0.1) is 0 Å². The Labute approximate surface area is 102 Å². The normalized spacial score (nSPS) is 23.8. The van der Waals surface area contributed by atoms with Crippen LogP contribution in [0.4, 0.5) is 0 Å². The highest BCUT2D eigenvalue weighted by atomic mass is 16.5. The van der Waals surface area contributed by atoms with Crippen LogP contribution in [0, 0.1) is 0 Å². The van der Waals surface area contributed by atoms with Gasteiger partial charge >= 0.3 is 0 Å². The average molecular weight is 239 g/mol. The van der Waals surface area contributed by atoms with Gasteiger partial charge in [0, 0.05) is 12.5 Å². The summed E-state index contributed by atoms with van der Waals surface area (Å²) in [7, 11) is 0. The molecule has 0 spiro atoms. The van der Waals surface area contributed by atoms with Crippen molar-refractivity contribution < 1.29 is 9.63 Å². The number of aromatic nitrogens is 2. The van der Waals surface area contributed by atoms with Crippen LogP contribution in [0.15, 0.2) is 4.52 Å². The van der Waals surface area contributed by atoms with E-state index in [2.05, 4.69) is 22.0 Å². The molecule has 1 saturated heterocycles. The van der Waals surface area contributed by atoms with E-state index in [0.29, 0.717) is 17.8 Å². The van der Waals surface area contributed by atoms with Crippen molar-refractivity contribution in [3.8, 4) is 0 Å². The van der Waals surface area contributed by atoms with Crippen molar-refractivity contribution in [2.45, 2.75) is 51.7 Å². The summed E-state index contributed by atoms with van der Waals surface area (Å²) in [5.74, 6) is 1.03. The molecule has 96 valence electrons. The molecule has 1 aromatic rings. The van der Waals surface area contributed by atoms with Gasteiger partial charge in [0.2, 0.25) is 0 Å². The fraction of sp³-hybridized carbons (Fsp3) is 0.833. The molecule has 0 aliphatic carbocycles. The third kappa shape index (κ3) is 3.04. The second kappa shape index (κ2) is 5.60. The predicted octanol–water partition coefficient (Wildman–Crippen LogP) is 1.54. The van der Waals surface area contributed by atoms with Crippen molar-refractivity contribution in [2.24, 2.45) is 0 Å². The van der Waals surface area contributed by atoms with E-state index >= 15 is 0 Å². The number of likely N-dealkylation sites (tertiary alicyclic amines) is 1. The minimum absolute atomic E-state index is 0.318. The van der Waals surface area contributed by atoms with Crippen LogP contribution < -0.4 is 0 Å². The zero-order valence-corrected chi connectivity index (χ0v) is 10.6. The molecule has 1 aliphatic rings. The lowest BCUT2D eigenvalue weighted by Gasteiger charge is -2.34. The average Bonchev–Trinajstić information content (AvgIpc) is 2.78. The molecule has 1 N–H and O–H groups in total. The molecule has 5 nitrogen and oxygen atoms in total. The van der Waals surface area contributed by atoms with Gasteiger partial charge in [-0.15, -0.1) is 0 Å². The number of aliphatic hydroxyl groups is 1. The van der Waals surface area contributed by atoms with E-state index in [-0.39, 0.29) is 0 Å². The van der Waals surface area contributed by atoms with Gasteiger partial charge in [0.1, 0.15) is 6.10 Å². The quantitative estimate of drug-likeness (QED) is 0.863. The number of hydrogen-bond donors (Lipinski definition) is 1. The molecule has 1 aliphatic heterocycles. The molecule has 1 fully saturated rings. The van der Waals surface area contributed by atoms with E-state index in [0.717, 1.165) is 13.0 Å². The van der Waals surface area contributed by atoms with E-state index in [1.165, 1.54) is 25.8 Å². The molecular formula is C12H21N3O2. The van der Waals surface area contributed by atoms with E-state index in [9.17, 15) is 5.11 Å². The summed E-state index contributed by atoms with van der Waals surface area (Å²) < 4.78 is 5.01. The summed E-state index contributed by atoms with van der Waals surface area (Å²) in [4.78, 5) is 6.69. The van der Waals surface area contributed by atoms with Crippen molar-refractivity contribution in [1.82, 2.24) is 15.0 Å². The highest BCUT2D eigenvalue weighted by molar-refractivity contribution is 4.93. The summed E-state index contributed by atoms with van der Waals surface area (Å²) in [5.41, 5.74) is 0. The summed E-state index contributed by atoms with van der Waals surface area (Å²) >= 11 is 0. The first-order chi connectivity index (χ1) is 8.20. The zero-order chi connectivity index (χ0) is 12.3. The van der Waals surface area contributed by atoms with Crippen molar-refractivity contribution in [3.63, 3.8) is 0 Å². The Hall–Kier alpha value is -0.940. The number of hydrogen-bond acceptors (Lipinski definition) is 5. The number of nitrogens with zero attached hydrogens (tertiary/aromatic N) is 3. The molecule has 1 aromatic heterocycles. The molecule has 2 unspecified atom stereocenters. The summed E-state index contributed by atoms with van der Waals surface area (Å²) in [6, 6.07) is 0.521. The van der Waals surface area contributed by atoms with E-state index in [1.807, 2.05) is 0 Å². The first-order valence-electron chi connectivity index (χ1n) is 6.45. The zero-order valence-electron chi connectivity index (χ0n) is 10.6. The van der Waals surface area contributed by atoms with Gasteiger partial charge < -0.3 is 14.5 Å². The van der Waals surface area contributed by atoms with Gasteiger partial charge in [-0.1, -0.05) is 18.5 Å². The molecule has 0 bridgehead atoms. The predicted molar refractivity (Wildman–Crippen MR) is 63.5 cm³/mol. The molecule has 2 atom stereocenters. The van der Waals surface area contributed by atoms with Crippen molar-refractivity contribution >= 4 is 0 Å². The fourth-order valence-corrected chi connectivity index (χ4v) is 2.44. The smallest absolute Gasteiger partial charge is 0.255 e. The van der Waals surface area contributed by atoms with Crippen molar-refractivity contribution in [3.05, 3.63) is 11.7 Å².